The van der Waals surface area contributed by atoms with E-state index in [1.165, 1.54) is 21.8 Å². The fraction of sp³-hybridized carbons (Fsp3) is 0.350. The molecule has 2 amide bonds. The molecule has 27 heavy (non-hydrogen) atoms. The van der Waals surface area contributed by atoms with Crippen molar-refractivity contribution in [3.05, 3.63) is 52.2 Å². The van der Waals surface area contributed by atoms with Crippen molar-refractivity contribution in [2.45, 2.75) is 32.2 Å². The molecule has 0 saturated carbocycles. The van der Waals surface area contributed by atoms with Gasteiger partial charge in [-0.05, 0) is 48.4 Å². The Labute approximate surface area is 162 Å². The van der Waals surface area contributed by atoms with Crippen molar-refractivity contribution in [3.8, 4) is 0 Å². The molecule has 1 aromatic carbocycles. The normalized spacial score (nSPS) is 16.2. The predicted molar refractivity (Wildman–Crippen MR) is 104 cm³/mol. The first-order chi connectivity index (χ1) is 13.1. The molecule has 0 radical (unpaired) electrons. The first-order valence-electron chi connectivity index (χ1n) is 8.98. The van der Waals surface area contributed by atoms with Gasteiger partial charge < -0.3 is 15.0 Å². The number of nitrogens with one attached hydrogen (secondary N) is 1. The van der Waals surface area contributed by atoms with Gasteiger partial charge in [0.2, 0.25) is 0 Å². The van der Waals surface area contributed by atoms with E-state index in [0.717, 1.165) is 12.8 Å². The largest absolute Gasteiger partial charge is 0.454 e. The van der Waals surface area contributed by atoms with Crippen molar-refractivity contribution in [1.82, 2.24) is 4.90 Å². The maximum Gasteiger partial charge on any atom is 0.329 e. The summed E-state index contributed by atoms with van der Waals surface area (Å²) in [6.45, 7) is 2.21. The number of carbonyl (C=O) groups is 3. The fourth-order valence-corrected chi connectivity index (χ4v) is 3.73. The van der Waals surface area contributed by atoms with Gasteiger partial charge in [0.15, 0.2) is 6.61 Å². The highest BCUT2D eigenvalue weighted by molar-refractivity contribution is 7.12. The van der Waals surface area contributed by atoms with Crippen LogP contribution in [0.15, 0.2) is 41.8 Å². The zero-order chi connectivity index (χ0) is 19.2. The van der Waals surface area contributed by atoms with Crippen LogP contribution in [0, 0.1) is 0 Å². The van der Waals surface area contributed by atoms with Crippen LogP contribution >= 0.6 is 11.3 Å². The predicted octanol–water partition coefficient (Wildman–Crippen LogP) is 3.10. The minimum Gasteiger partial charge on any atom is -0.454 e. The molecule has 0 spiro atoms. The maximum atomic E-state index is 12.5. The van der Waals surface area contributed by atoms with Crippen molar-refractivity contribution in [1.29, 1.82) is 0 Å². The second-order valence-corrected chi connectivity index (χ2v) is 7.29. The number of benzene rings is 1. The van der Waals surface area contributed by atoms with Gasteiger partial charge in [0, 0.05) is 12.2 Å². The number of amides is 2. The summed E-state index contributed by atoms with van der Waals surface area (Å²) in [4.78, 5) is 39.0. The van der Waals surface area contributed by atoms with Crippen LogP contribution in [0.4, 0.5) is 5.69 Å². The van der Waals surface area contributed by atoms with Crippen LogP contribution < -0.4 is 5.32 Å². The van der Waals surface area contributed by atoms with Crippen LogP contribution in [-0.2, 0) is 20.7 Å². The second-order valence-electron chi connectivity index (χ2n) is 6.34. The van der Waals surface area contributed by atoms with Gasteiger partial charge >= 0.3 is 5.97 Å². The van der Waals surface area contributed by atoms with E-state index in [1.54, 1.807) is 12.1 Å². The molecular weight excluding hydrogens is 364 g/mol. The molecule has 1 aliphatic rings. The topological polar surface area (TPSA) is 75.7 Å². The third-order valence-electron chi connectivity index (χ3n) is 4.51. The number of carbonyl (C=O) groups excluding carboxylic acids is 3. The first-order valence-corrected chi connectivity index (χ1v) is 9.86. The maximum absolute atomic E-state index is 12.5. The number of aryl methyl sites for hydroxylation is 1. The summed E-state index contributed by atoms with van der Waals surface area (Å²) < 4.78 is 5.16. The van der Waals surface area contributed by atoms with Gasteiger partial charge in [-0.3, -0.25) is 9.59 Å². The van der Waals surface area contributed by atoms with Crippen molar-refractivity contribution < 1.29 is 19.1 Å². The number of hydrogen-bond acceptors (Lipinski definition) is 5. The Kier molecular flexibility index (Phi) is 6.24. The van der Waals surface area contributed by atoms with Crippen LogP contribution in [0.25, 0.3) is 0 Å². The zero-order valence-corrected chi connectivity index (χ0v) is 16.0. The van der Waals surface area contributed by atoms with E-state index < -0.39 is 17.9 Å². The molecule has 1 atom stereocenters. The highest BCUT2D eigenvalue weighted by Crippen LogP contribution is 2.23. The van der Waals surface area contributed by atoms with Crippen LogP contribution in [0.2, 0.25) is 0 Å². The molecule has 1 N–H and O–H groups in total. The summed E-state index contributed by atoms with van der Waals surface area (Å²) in [5.41, 5.74) is 1.83. The minimum absolute atomic E-state index is 0.162. The number of rotatable bonds is 6. The van der Waals surface area contributed by atoms with Gasteiger partial charge in [-0.15, -0.1) is 11.3 Å². The molecule has 3 rings (SSSR count). The molecule has 2 aromatic rings. The molecule has 1 unspecified atom stereocenters. The Bertz CT molecular complexity index is 802. The van der Waals surface area contributed by atoms with E-state index in [1.807, 2.05) is 29.6 Å². The quantitative estimate of drug-likeness (QED) is 0.774. The number of hydrogen-bond donors (Lipinski definition) is 1. The summed E-state index contributed by atoms with van der Waals surface area (Å²) in [6.07, 6.45) is 2.22. The third-order valence-corrected chi connectivity index (χ3v) is 5.37. The molecule has 1 fully saturated rings. The monoisotopic (exact) mass is 386 g/mol. The molecule has 7 heteroatoms. The Morgan fingerprint density at radius 1 is 1.22 bits per heavy atom. The van der Waals surface area contributed by atoms with E-state index in [4.69, 9.17) is 4.74 Å². The average molecular weight is 386 g/mol. The third kappa shape index (κ3) is 4.74. The van der Waals surface area contributed by atoms with E-state index >= 15 is 0 Å². The first kappa shape index (κ1) is 19.1. The Morgan fingerprint density at radius 3 is 2.67 bits per heavy atom. The number of ether oxygens (including phenoxy) is 1. The van der Waals surface area contributed by atoms with Crippen LogP contribution in [-0.4, -0.2) is 41.9 Å². The molecule has 0 aliphatic carbocycles. The lowest BCUT2D eigenvalue weighted by molar-refractivity contribution is -0.151. The molecule has 1 saturated heterocycles. The second kappa shape index (κ2) is 8.81. The average Bonchev–Trinajstić information content (AvgIpc) is 3.38. The lowest BCUT2D eigenvalue weighted by atomic mass is 10.1. The van der Waals surface area contributed by atoms with Gasteiger partial charge in [0.1, 0.15) is 6.04 Å². The molecular formula is C20H22N2O4S. The lowest BCUT2D eigenvalue weighted by Gasteiger charge is -2.22. The van der Waals surface area contributed by atoms with Gasteiger partial charge in [0.05, 0.1) is 4.88 Å². The zero-order valence-electron chi connectivity index (χ0n) is 15.1. The van der Waals surface area contributed by atoms with Crippen molar-refractivity contribution in [2.24, 2.45) is 0 Å². The molecule has 2 heterocycles. The van der Waals surface area contributed by atoms with Gasteiger partial charge in [-0.25, -0.2) is 4.79 Å². The molecule has 142 valence electrons. The van der Waals surface area contributed by atoms with Gasteiger partial charge in [-0.1, -0.05) is 25.1 Å². The number of nitrogens with zero attached hydrogens (tertiary/aromatic N) is 1. The highest BCUT2D eigenvalue weighted by Gasteiger charge is 2.36. The number of likely N-dealkylation sites (tertiary alicyclic amines) is 1. The molecule has 1 aliphatic heterocycles. The number of esters is 1. The lowest BCUT2D eigenvalue weighted by Crippen LogP contribution is -2.41. The summed E-state index contributed by atoms with van der Waals surface area (Å²) in [5.74, 6) is -1.10. The number of thiophene rings is 1. The van der Waals surface area contributed by atoms with Crippen LogP contribution in [0.5, 0.6) is 0 Å². The molecule has 1 aromatic heterocycles. The van der Waals surface area contributed by atoms with E-state index in [2.05, 4.69) is 12.2 Å². The van der Waals surface area contributed by atoms with E-state index in [0.29, 0.717) is 23.5 Å². The Morgan fingerprint density at radius 2 is 2.00 bits per heavy atom. The summed E-state index contributed by atoms with van der Waals surface area (Å²) in [5, 5.41) is 4.53. The summed E-state index contributed by atoms with van der Waals surface area (Å²) >= 11 is 1.35. The van der Waals surface area contributed by atoms with Crippen molar-refractivity contribution in [2.75, 3.05) is 18.5 Å². The van der Waals surface area contributed by atoms with Crippen molar-refractivity contribution in [3.63, 3.8) is 0 Å². The van der Waals surface area contributed by atoms with Gasteiger partial charge in [0.25, 0.3) is 11.8 Å². The Hall–Kier alpha value is -2.67. The smallest absolute Gasteiger partial charge is 0.329 e. The minimum atomic E-state index is -0.628. The standard InChI is InChI=1S/C20H22N2O4S/c1-2-14-7-9-15(10-8-14)21-18(23)13-26-20(25)16-5-3-11-22(16)19(24)17-6-4-12-27-17/h4,6-10,12,16H,2-3,5,11,13H2,1H3,(H,21,23). The molecule has 6 nitrogen and oxygen atoms in total. The molecule has 0 bridgehead atoms. The van der Waals surface area contributed by atoms with Crippen LogP contribution in [0.3, 0.4) is 0 Å². The van der Waals surface area contributed by atoms with Gasteiger partial charge in [-0.2, -0.15) is 0 Å². The summed E-state index contributed by atoms with van der Waals surface area (Å²) in [7, 11) is 0. The van der Waals surface area contributed by atoms with E-state index in [9.17, 15) is 14.4 Å². The summed E-state index contributed by atoms with van der Waals surface area (Å²) in [6, 6.07) is 10.4. The fourth-order valence-electron chi connectivity index (χ4n) is 3.05. The highest BCUT2D eigenvalue weighted by atomic mass is 32.1. The Balaban J connectivity index is 1.51. The SMILES string of the molecule is CCc1ccc(NC(=O)COC(=O)C2CCCN2C(=O)c2cccs2)cc1. The van der Waals surface area contributed by atoms with Crippen LogP contribution in [0.1, 0.15) is 35.0 Å². The van der Waals surface area contributed by atoms with Crippen molar-refractivity contribution >= 4 is 34.8 Å². The number of anilines is 1. The van der Waals surface area contributed by atoms with E-state index in [-0.39, 0.29) is 12.5 Å².